The first-order valence-corrected chi connectivity index (χ1v) is 11.8. The summed E-state index contributed by atoms with van der Waals surface area (Å²) in [6.07, 6.45) is 11.4. The molecule has 1 aromatic carbocycles. The Morgan fingerprint density at radius 2 is 1.66 bits per heavy atom. The quantitative estimate of drug-likeness (QED) is 0.800. The maximum atomic E-state index is 13.0. The van der Waals surface area contributed by atoms with E-state index in [1.165, 1.54) is 5.56 Å². The predicted octanol–water partition coefficient (Wildman–Crippen LogP) is 3.24. The van der Waals surface area contributed by atoms with Crippen molar-refractivity contribution in [1.29, 1.82) is 0 Å². The summed E-state index contributed by atoms with van der Waals surface area (Å²) in [5.74, 6) is 0. The van der Waals surface area contributed by atoms with Gasteiger partial charge in [0.05, 0.1) is 23.6 Å². The van der Waals surface area contributed by atoms with Crippen molar-refractivity contribution < 1.29 is 4.79 Å². The lowest BCUT2D eigenvalue weighted by atomic mass is 9.69. The van der Waals surface area contributed by atoms with Crippen LogP contribution in [0.15, 0.2) is 49.1 Å². The number of hydrogen-bond donors (Lipinski definition) is 1. The number of aromatic nitrogens is 2. The van der Waals surface area contributed by atoms with Crippen molar-refractivity contribution in [2.24, 2.45) is 0 Å². The number of urea groups is 1. The van der Waals surface area contributed by atoms with Gasteiger partial charge < -0.3 is 15.1 Å². The summed E-state index contributed by atoms with van der Waals surface area (Å²) in [7, 11) is 4.38. The van der Waals surface area contributed by atoms with Crippen LogP contribution in [-0.2, 0) is 5.54 Å². The van der Waals surface area contributed by atoms with E-state index in [0.29, 0.717) is 6.04 Å². The number of piperidine rings is 1. The average molecular weight is 435 g/mol. The molecule has 3 aliphatic rings. The number of carbonyl (C=O) groups excluding carboxylic acids is 1. The van der Waals surface area contributed by atoms with Gasteiger partial charge >= 0.3 is 6.03 Å². The third-order valence-corrected chi connectivity index (χ3v) is 8.12. The molecule has 7 heteroatoms. The highest BCUT2D eigenvalue weighted by molar-refractivity contribution is 5.78. The summed E-state index contributed by atoms with van der Waals surface area (Å²) in [6, 6.07) is 11.3. The number of nitrogens with zero attached hydrogens (tertiary/aromatic N) is 5. The monoisotopic (exact) mass is 434 g/mol. The van der Waals surface area contributed by atoms with Gasteiger partial charge in [0.25, 0.3) is 0 Å². The van der Waals surface area contributed by atoms with Crippen LogP contribution < -0.4 is 10.2 Å². The van der Waals surface area contributed by atoms with Gasteiger partial charge in [-0.05, 0) is 58.2 Å². The van der Waals surface area contributed by atoms with Crippen molar-refractivity contribution >= 4 is 11.7 Å². The molecule has 1 aromatic heterocycles. The molecule has 1 saturated carbocycles. The minimum absolute atomic E-state index is 0.0494. The molecule has 0 unspecified atom stereocenters. The molecule has 0 radical (unpaired) electrons. The van der Waals surface area contributed by atoms with E-state index in [1.54, 1.807) is 6.33 Å². The van der Waals surface area contributed by atoms with Gasteiger partial charge in [-0.1, -0.05) is 30.3 Å². The Morgan fingerprint density at radius 3 is 2.28 bits per heavy atom. The molecule has 170 valence electrons. The Hall–Kier alpha value is -2.67. The van der Waals surface area contributed by atoms with Gasteiger partial charge in [0, 0.05) is 31.2 Å². The van der Waals surface area contributed by atoms with Gasteiger partial charge in [0.15, 0.2) is 0 Å². The molecule has 2 saturated heterocycles. The number of rotatable bonds is 4. The zero-order chi connectivity index (χ0) is 22.2. The lowest BCUT2D eigenvalue weighted by molar-refractivity contribution is 0.0598. The largest absolute Gasteiger partial charge is 0.369 e. The Morgan fingerprint density at radius 1 is 1.00 bits per heavy atom. The molecule has 5 rings (SSSR count). The van der Waals surface area contributed by atoms with Crippen LogP contribution in [0.25, 0.3) is 0 Å². The van der Waals surface area contributed by atoms with Crippen LogP contribution in [0, 0.1) is 0 Å². The lowest BCUT2D eigenvalue weighted by Gasteiger charge is -2.49. The van der Waals surface area contributed by atoms with E-state index in [-0.39, 0.29) is 17.1 Å². The van der Waals surface area contributed by atoms with Crippen molar-refractivity contribution in [1.82, 2.24) is 25.1 Å². The minimum Gasteiger partial charge on any atom is -0.369 e. The van der Waals surface area contributed by atoms with Crippen molar-refractivity contribution in [2.45, 2.75) is 55.6 Å². The Kier molecular flexibility index (Phi) is 5.53. The van der Waals surface area contributed by atoms with Gasteiger partial charge in [-0.3, -0.25) is 4.90 Å². The smallest absolute Gasteiger partial charge is 0.318 e. The van der Waals surface area contributed by atoms with E-state index in [2.05, 4.69) is 74.4 Å². The highest BCUT2D eigenvalue weighted by Gasteiger charge is 2.51. The first-order valence-electron chi connectivity index (χ1n) is 11.8. The van der Waals surface area contributed by atoms with Crippen LogP contribution in [0.4, 0.5) is 10.5 Å². The normalized spacial score (nSPS) is 29.0. The molecule has 0 bridgehead atoms. The van der Waals surface area contributed by atoms with Crippen LogP contribution >= 0.6 is 0 Å². The summed E-state index contributed by atoms with van der Waals surface area (Å²) in [5, 5.41) is 3.42. The first kappa shape index (κ1) is 21.2. The second kappa shape index (κ2) is 8.35. The highest BCUT2D eigenvalue weighted by atomic mass is 16.2. The van der Waals surface area contributed by atoms with E-state index in [0.717, 1.165) is 63.8 Å². The lowest BCUT2D eigenvalue weighted by Crippen LogP contribution is -2.54. The third kappa shape index (κ3) is 3.72. The summed E-state index contributed by atoms with van der Waals surface area (Å²) in [5.41, 5.74) is 2.42. The van der Waals surface area contributed by atoms with Crippen molar-refractivity contribution in [2.75, 3.05) is 38.6 Å². The SMILES string of the molecule is CN(C)C1(c2ccccc2)CCC2(CC1)CN(C1CCN(c3cncnc3)CC1)C(=O)N2. The Balaban J connectivity index is 1.24. The molecule has 3 fully saturated rings. The predicted molar refractivity (Wildman–Crippen MR) is 126 cm³/mol. The van der Waals surface area contributed by atoms with Crippen LogP contribution in [-0.4, -0.2) is 71.1 Å². The van der Waals surface area contributed by atoms with E-state index >= 15 is 0 Å². The van der Waals surface area contributed by atoms with Gasteiger partial charge in [-0.15, -0.1) is 0 Å². The summed E-state index contributed by atoms with van der Waals surface area (Å²) < 4.78 is 0. The van der Waals surface area contributed by atoms with Gasteiger partial charge in [0.1, 0.15) is 6.33 Å². The summed E-state index contributed by atoms with van der Waals surface area (Å²) in [4.78, 5) is 28.2. The molecule has 32 heavy (non-hydrogen) atoms. The number of nitrogens with one attached hydrogen (secondary N) is 1. The first-order chi connectivity index (χ1) is 15.5. The fraction of sp³-hybridized carbons (Fsp3) is 0.560. The number of amides is 2. The molecule has 7 nitrogen and oxygen atoms in total. The highest BCUT2D eigenvalue weighted by Crippen LogP contribution is 2.46. The Bertz CT molecular complexity index is 918. The summed E-state index contributed by atoms with van der Waals surface area (Å²) >= 11 is 0. The molecule has 3 heterocycles. The van der Waals surface area contributed by atoms with Crippen molar-refractivity contribution in [3.05, 3.63) is 54.6 Å². The molecule has 1 aliphatic carbocycles. The fourth-order valence-electron chi connectivity index (χ4n) is 6.09. The summed E-state index contributed by atoms with van der Waals surface area (Å²) in [6.45, 7) is 2.71. The third-order valence-electron chi connectivity index (χ3n) is 8.12. The molecular formula is C25H34N6O. The Labute approximate surface area is 190 Å². The molecule has 2 aliphatic heterocycles. The minimum atomic E-state index is -0.0875. The van der Waals surface area contributed by atoms with Gasteiger partial charge in [0.2, 0.25) is 0 Å². The number of benzene rings is 1. The van der Waals surface area contributed by atoms with Crippen LogP contribution in [0.1, 0.15) is 44.1 Å². The average Bonchev–Trinajstić information content (AvgIpc) is 3.16. The van der Waals surface area contributed by atoms with Crippen LogP contribution in [0.3, 0.4) is 0 Å². The van der Waals surface area contributed by atoms with Crippen molar-refractivity contribution in [3.63, 3.8) is 0 Å². The zero-order valence-electron chi connectivity index (χ0n) is 19.2. The van der Waals surface area contributed by atoms with E-state index in [9.17, 15) is 4.79 Å². The number of carbonyl (C=O) groups is 1. The van der Waals surface area contributed by atoms with E-state index < -0.39 is 0 Å². The second-order valence-corrected chi connectivity index (χ2v) is 9.95. The van der Waals surface area contributed by atoms with Crippen LogP contribution in [0.5, 0.6) is 0 Å². The van der Waals surface area contributed by atoms with Gasteiger partial charge in [-0.2, -0.15) is 0 Å². The molecule has 1 spiro atoms. The van der Waals surface area contributed by atoms with E-state index in [4.69, 9.17) is 0 Å². The molecule has 2 amide bonds. The van der Waals surface area contributed by atoms with Gasteiger partial charge in [-0.25, -0.2) is 14.8 Å². The standard InChI is InChI=1S/C25H34N6O/c1-29(2)25(20-6-4-3-5-7-20)12-10-24(11-13-25)18-31(23(32)28-24)21-8-14-30(15-9-21)22-16-26-19-27-17-22/h3-7,16-17,19,21H,8-15,18H2,1-2H3,(H,28,32). The maximum absolute atomic E-state index is 13.0. The topological polar surface area (TPSA) is 64.6 Å². The second-order valence-electron chi connectivity index (χ2n) is 9.95. The molecule has 0 atom stereocenters. The molecule has 2 aromatic rings. The zero-order valence-corrected chi connectivity index (χ0v) is 19.2. The van der Waals surface area contributed by atoms with Crippen LogP contribution in [0.2, 0.25) is 0 Å². The molecule has 1 N–H and O–H groups in total. The fourth-order valence-corrected chi connectivity index (χ4v) is 6.09. The maximum Gasteiger partial charge on any atom is 0.318 e. The molecular weight excluding hydrogens is 400 g/mol. The van der Waals surface area contributed by atoms with Crippen molar-refractivity contribution in [3.8, 4) is 0 Å². The number of hydrogen-bond acceptors (Lipinski definition) is 5. The number of anilines is 1. The van der Waals surface area contributed by atoms with E-state index in [1.807, 2.05) is 12.4 Å².